The number of aromatic nitrogens is 1. The molecular formula is C21H17N3O5S. The average molecular weight is 423 g/mol. The van der Waals surface area contributed by atoms with Crippen molar-refractivity contribution in [2.45, 2.75) is 13.5 Å². The van der Waals surface area contributed by atoms with Crippen molar-refractivity contribution in [3.8, 4) is 11.5 Å². The summed E-state index contributed by atoms with van der Waals surface area (Å²) in [5.41, 5.74) is 1.51. The number of hydrogen-bond donors (Lipinski definition) is 0. The molecule has 1 aromatic heterocycles. The third kappa shape index (κ3) is 2.89. The quantitative estimate of drug-likeness (QED) is 0.603. The Bertz CT molecular complexity index is 1250. The summed E-state index contributed by atoms with van der Waals surface area (Å²) in [5, 5.41) is 0. The highest BCUT2D eigenvalue weighted by Crippen LogP contribution is 2.35. The van der Waals surface area contributed by atoms with E-state index in [1.54, 1.807) is 24.3 Å². The minimum absolute atomic E-state index is 0.311. The Balaban J connectivity index is 1.48. The van der Waals surface area contributed by atoms with E-state index in [1.165, 1.54) is 11.3 Å². The van der Waals surface area contributed by atoms with E-state index in [4.69, 9.17) is 9.47 Å². The molecule has 3 heterocycles. The van der Waals surface area contributed by atoms with Crippen molar-refractivity contribution >= 4 is 39.3 Å². The van der Waals surface area contributed by atoms with Crippen LogP contribution in [0.1, 0.15) is 27.6 Å². The molecule has 2 aromatic carbocycles. The highest BCUT2D eigenvalue weighted by molar-refractivity contribution is 7.16. The summed E-state index contributed by atoms with van der Waals surface area (Å²) in [7, 11) is 0. The lowest BCUT2D eigenvalue weighted by molar-refractivity contribution is -0.118. The summed E-state index contributed by atoms with van der Waals surface area (Å²) < 4.78 is 14.1. The molecule has 0 unspecified atom stereocenters. The summed E-state index contributed by atoms with van der Waals surface area (Å²) in [4.78, 5) is 43.3. The Labute approximate surface area is 175 Å². The topological polar surface area (TPSA) is 90.2 Å². The van der Waals surface area contributed by atoms with Crippen LogP contribution in [0.25, 0.3) is 10.2 Å². The van der Waals surface area contributed by atoms with Crippen molar-refractivity contribution in [1.82, 2.24) is 9.47 Å². The van der Waals surface area contributed by atoms with E-state index in [9.17, 15) is 14.4 Å². The number of benzene rings is 2. The van der Waals surface area contributed by atoms with Crippen molar-refractivity contribution in [1.29, 1.82) is 0 Å². The van der Waals surface area contributed by atoms with Crippen LogP contribution in [-0.2, 0) is 11.3 Å². The number of nitrogens with zero attached hydrogens (tertiary/aromatic N) is 3. The minimum atomic E-state index is -0.560. The number of imide groups is 1. The summed E-state index contributed by atoms with van der Waals surface area (Å²) in [6.07, 6.45) is 0. The van der Waals surface area contributed by atoms with Crippen molar-refractivity contribution in [2.75, 3.05) is 19.8 Å². The van der Waals surface area contributed by atoms with Gasteiger partial charge in [0.1, 0.15) is 19.8 Å². The number of thiazole rings is 1. The van der Waals surface area contributed by atoms with Crippen LogP contribution in [0.15, 0.2) is 41.4 Å². The van der Waals surface area contributed by atoms with Crippen molar-refractivity contribution in [3.63, 3.8) is 0 Å². The van der Waals surface area contributed by atoms with Crippen LogP contribution in [0.4, 0.5) is 0 Å². The average Bonchev–Trinajstić information content (AvgIpc) is 3.21. The molecule has 0 spiro atoms. The van der Waals surface area contributed by atoms with Gasteiger partial charge < -0.3 is 14.0 Å². The van der Waals surface area contributed by atoms with Gasteiger partial charge in [0.15, 0.2) is 16.3 Å². The van der Waals surface area contributed by atoms with Crippen LogP contribution >= 0.6 is 11.3 Å². The zero-order valence-corrected chi connectivity index (χ0v) is 16.9. The molecule has 0 N–H and O–H groups in total. The van der Waals surface area contributed by atoms with Crippen molar-refractivity contribution < 1.29 is 23.9 Å². The third-order valence-electron chi connectivity index (χ3n) is 5.05. The lowest BCUT2D eigenvalue weighted by Crippen LogP contribution is -2.35. The fourth-order valence-corrected chi connectivity index (χ4v) is 4.78. The zero-order chi connectivity index (χ0) is 20.8. The Morgan fingerprint density at radius 1 is 1.07 bits per heavy atom. The molecule has 0 fully saturated rings. The second-order valence-corrected chi connectivity index (χ2v) is 7.85. The van der Waals surface area contributed by atoms with Gasteiger partial charge in [-0.05, 0) is 19.1 Å². The van der Waals surface area contributed by atoms with Crippen LogP contribution in [-0.4, -0.2) is 46.9 Å². The maximum atomic E-state index is 12.6. The van der Waals surface area contributed by atoms with Gasteiger partial charge in [0.2, 0.25) is 0 Å². The van der Waals surface area contributed by atoms with Gasteiger partial charge in [-0.2, -0.15) is 4.99 Å². The molecule has 0 bridgehead atoms. The Hall–Kier alpha value is -3.46. The molecule has 0 radical (unpaired) electrons. The molecule has 30 heavy (non-hydrogen) atoms. The number of amides is 3. The lowest BCUT2D eigenvalue weighted by Gasteiger charge is -2.18. The van der Waals surface area contributed by atoms with Crippen molar-refractivity contribution in [3.05, 3.63) is 52.3 Å². The van der Waals surface area contributed by atoms with Gasteiger partial charge in [-0.1, -0.05) is 23.5 Å². The molecule has 2 aliphatic heterocycles. The van der Waals surface area contributed by atoms with Gasteiger partial charge >= 0.3 is 0 Å². The van der Waals surface area contributed by atoms with E-state index >= 15 is 0 Å². The van der Waals surface area contributed by atoms with Gasteiger partial charge in [-0.15, -0.1) is 0 Å². The lowest BCUT2D eigenvalue weighted by atomic mass is 10.1. The molecule has 9 heteroatoms. The SMILES string of the molecule is CCn1c(=NC(=O)CN2C(=O)c3ccccc3C2=O)sc2cc3c(cc21)OCCO3. The van der Waals surface area contributed by atoms with Gasteiger partial charge in [0.05, 0.1) is 21.3 Å². The summed E-state index contributed by atoms with van der Waals surface area (Å²) in [5.74, 6) is -0.169. The van der Waals surface area contributed by atoms with Crippen LogP contribution < -0.4 is 14.3 Å². The number of hydrogen-bond acceptors (Lipinski definition) is 6. The van der Waals surface area contributed by atoms with E-state index in [2.05, 4.69) is 4.99 Å². The van der Waals surface area contributed by atoms with Crippen LogP contribution in [0, 0.1) is 0 Å². The second kappa shape index (κ2) is 7.10. The molecular weight excluding hydrogens is 406 g/mol. The van der Waals surface area contributed by atoms with E-state index in [-0.39, 0.29) is 0 Å². The monoisotopic (exact) mass is 423 g/mol. The number of carbonyl (C=O) groups excluding carboxylic acids is 3. The van der Waals surface area contributed by atoms with Crippen molar-refractivity contribution in [2.24, 2.45) is 4.99 Å². The van der Waals surface area contributed by atoms with Gasteiger partial charge in [-0.25, -0.2) is 0 Å². The largest absolute Gasteiger partial charge is 0.486 e. The smallest absolute Gasteiger partial charge is 0.268 e. The fraction of sp³-hybridized carbons (Fsp3) is 0.238. The predicted octanol–water partition coefficient (Wildman–Crippen LogP) is 2.22. The molecule has 0 saturated heterocycles. The summed E-state index contributed by atoms with van der Waals surface area (Å²) in [6.45, 7) is 3.14. The first-order chi connectivity index (χ1) is 14.6. The number of ether oxygens (including phenoxy) is 2. The maximum absolute atomic E-state index is 12.6. The molecule has 2 aliphatic rings. The molecule has 0 atom stereocenters. The molecule has 0 saturated carbocycles. The second-order valence-electron chi connectivity index (χ2n) is 6.84. The molecule has 3 aromatic rings. The Morgan fingerprint density at radius 2 is 1.70 bits per heavy atom. The van der Waals surface area contributed by atoms with Gasteiger partial charge in [0, 0.05) is 18.7 Å². The first kappa shape index (κ1) is 18.6. The normalized spacial score (nSPS) is 15.8. The first-order valence-corrected chi connectivity index (χ1v) is 10.3. The van der Waals surface area contributed by atoms with Crippen LogP contribution in [0.2, 0.25) is 0 Å². The number of rotatable bonds is 3. The van der Waals surface area contributed by atoms with Gasteiger partial charge in [0.25, 0.3) is 17.7 Å². The molecule has 3 amide bonds. The fourth-order valence-electron chi connectivity index (χ4n) is 3.66. The first-order valence-electron chi connectivity index (χ1n) is 9.52. The minimum Gasteiger partial charge on any atom is -0.486 e. The molecule has 0 aliphatic carbocycles. The number of aryl methyl sites for hydroxylation is 1. The summed E-state index contributed by atoms with van der Waals surface area (Å²) >= 11 is 1.35. The van der Waals surface area contributed by atoms with E-state index in [0.29, 0.717) is 47.2 Å². The Morgan fingerprint density at radius 3 is 2.33 bits per heavy atom. The maximum Gasteiger partial charge on any atom is 0.268 e. The molecule has 8 nitrogen and oxygen atoms in total. The Kier molecular flexibility index (Phi) is 4.39. The summed E-state index contributed by atoms with van der Waals surface area (Å²) in [6, 6.07) is 10.3. The highest BCUT2D eigenvalue weighted by Gasteiger charge is 2.36. The zero-order valence-electron chi connectivity index (χ0n) is 16.1. The number of carbonyl (C=O) groups is 3. The molecule has 5 rings (SSSR count). The van der Waals surface area contributed by atoms with E-state index in [1.807, 2.05) is 23.6 Å². The van der Waals surface area contributed by atoms with Crippen LogP contribution in [0.5, 0.6) is 11.5 Å². The standard InChI is InChI=1S/C21H17N3O5S/c1-2-23-14-9-15-16(29-8-7-28-15)10-17(14)30-21(23)22-18(25)11-24-19(26)12-5-3-4-6-13(12)20(24)27/h3-6,9-10H,2,7-8,11H2,1H3. The van der Waals surface area contributed by atoms with E-state index < -0.39 is 24.3 Å². The molecule has 152 valence electrons. The van der Waals surface area contributed by atoms with Gasteiger partial charge in [-0.3, -0.25) is 19.3 Å². The van der Waals surface area contributed by atoms with Crippen LogP contribution in [0.3, 0.4) is 0 Å². The van der Waals surface area contributed by atoms with E-state index in [0.717, 1.165) is 15.1 Å². The third-order valence-corrected chi connectivity index (χ3v) is 6.10. The predicted molar refractivity (Wildman–Crippen MR) is 109 cm³/mol. The highest BCUT2D eigenvalue weighted by atomic mass is 32.1. The number of fused-ring (bicyclic) bond motifs is 3.